The first-order valence-electron chi connectivity index (χ1n) is 5.75. The van der Waals surface area contributed by atoms with E-state index in [1.165, 1.54) is 6.07 Å². The van der Waals surface area contributed by atoms with Crippen LogP contribution in [0.4, 0.5) is 4.39 Å². The Labute approximate surface area is 115 Å². The second kappa shape index (κ2) is 5.47. The van der Waals surface area contributed by atoms with Gasteiger partial charge in [-0.3, -0.25) is 0 Å². The highest BCUT2D eigenvalue weighted by Crippen LogP contribution is 2.26. The number of ether oxygens (including phenoxy) is 2. The summed E-state index contributed by atoms with van der Waals surface area (Å²) in [6.07, 6.45) is -1.65. The number of hydrogen-bond donors (Lipinski definition) is 1. The van der Waals surface area contributed by atoms with Crippen molar-refractivity contribution in [3.05, 3.63) is 29.6 Å². The van der Waals surface area contributed by atoms with Crippen LogP contribution >= 0.6 is 0 Å². The van der Waals surface area contributed by atoms with Crippen molar-refractivity contribution in [3.8, 4) is 0 Å². The standard InChI is InChI=1S/C12H13FO6S/c1-18-12(15)11(14)7-2-3-10(9(13)4-7)20(16,17)8-5-19-6-8/h2-4,8,11,14H,5-6H2,1H3. The Morgan fingerprint density at radius 1 is 1.50 bits per heavy atom. The Hall–Kier alpha value is -1.51. The molecule has 1 unspecified atom stereocenters. The molecular weight excluding hydrogens is 291 g/mol. The van der Waals surface area contributed by atoms with Gasteiger partial charge in [-0.2, -0.15) is 0 Å². The number of aliphatic hydroxyl groups excluding tert-OH is 1. The van der Waals surface area contributed by atoms with E-state index in [4.69, 9.17) is 4.74 Å². The lowest BCUT2D eigenvalue weighted by Gasteiger charge is -2.26. The van der Waals surface area contributed by atoms with Crippen LogP contribution in [0.1, 0.15) is 11.7 Å². The minimum absolute atomic E-state index is 0.0360. The van der Waals surface area contributed by atoms with E-state index in [9.17, 15) is 22.7 Å². The molecular formula is C12H13FO6S. The second-order valence-electron chi connectivity index (χ2n) is 4.32. The summed E-state index contributed by atoms with van der Waals surface area (Å²) >= 11 is 0. The molecule has 0 bridgehead atoms. The van der Waals surface area contributed by atoms with Gasteiger partial charge in [0.05, 0.1) is 20.3 Å². The Morgan fingerprint density at radius 2 is 2.15 bits per heavy atom. The van der Waals surface area contributed by atoms with Gasteiger partial charge < -0.3 is 14.6 Å². The third-order valence-electron chi connectivity index (χ3n) is 3.05. The van der Waals surface area contributed by atoms with Gasteiger partial charge in [-0.15, -0.1) is 0 Å². The molecule has 2 rings (SSSR count). The minimum atomic E-state index is -3.80. The molecule has 0 spiro atoms. The number of benzene rings is 1. The van der Waals surface area contributed by atoms with Crippen molar-refractivity contribution in [3.63, 3.8) is 0 Å². The number of hydrogen-bond acceptors (Lipinski definition) is 6. The van der Waals surface area contributed by atoms with Crippen molar-refractivity contribution in [2.45, 2.75) is 16.2 Å². The van der Waals surface area contributed by atoms with Crippen LogP contribution in [-0.2, 0) is 24.1 Å². The van der Waals surface area contributed by atoms with Crippen LogP contribution in [0.2, 0.25) is 0 Å². The maximum Gasteiger partial charge on any atom is 0.339 e. The number of carbonyl (C=O) groups is 1. The van der Waals surface area contributed by atoms with Crippen LogP contribution in [0.3, 0.4) is 0 Å². The summed E-state index contributed by atoms with van der Waals surface area (Å²) in [6, 6.07) is 3.02. The zero-order valence-electron chi connectivity index (χ0n) is 10.6. The number of sulfone groups is 1. The fourth-order valence-electron chi connectivity index (χ4n) is 1.74. The van der Waals surface area contributed by atoms with Crippen LogP contribution in [0.25, 0.3) is 0 Å². The molecule has 20 heavy (non-hydrogen) atoms. The highest BCUT2D eigenvalue weighted by Gasteiger charge is 2.36. The molecule has 1 N–H and O–H groups in total. The summed E-state index contributed by atoms with van der Waals surface area (Å²) in [5.41, 5.74) is -0.0711. The predicted molar refractivity (Wildman–Crippen MR) is 65.2 cm³/mol. The molecule has 6 nitrogen and oxygen atoms in total. The molecule has 1 saturated heterocycles. The van der Waals surface area contributed by atoms with E-state index in [-0.39, 0.29) is 18.8 Å². The zero-order valence-corrected chi connectivity index (χ0v) is 11.4. The van der Waals surface area contributed by atoms with Crippen molar-refractivity contribution in [2.24, 2.45) is 0 Å². The van der Waals surface area contributed by atoms with Gasteiger partial charge in [0.25, 0.3) is 0 Å². The van der Waals surface area contributed by atoms with E-state index in [0.717, 1.165) is 19.2 Å². The SMILES string of the molecule is COC(=O)C(O)c1ccc(S(=O)(=O)C2COC2)c(F)c1. The maximum absolute atomic E-state index is 13.9. The first-order chi connectivity index (χ1) is 9.37. The highest BCUT2D eigenvalue weighted by molar-refractivity contribution is 7.92. The van der Waals surface area contributed by atoms with E-state index in [1.807, 2.05) is 0 Å². The number of rotatable bonds is 4. The van der Waals surface area contributed by atoms with Crippen LogP contribution in [0, 0.1) is 5.82 Å². The smallest absolute Gasteiger partial charge is 0.339 e. The predicted octanol–water partition coefficient (Wildman–Crippen LogP) is 0.205. The van der Waals surface area contributed by atoms with E-state index in [0.29, 0.717) is 0 Å². The Kier molecular flexibility index (Phi) is 4.07. The number of methoxy groups -OCH3 is 1. The fraction of sp³-hybridized carbons (Fsp3) is 0.417. The Morgan fingerprint density at radius 3 is 2.60 bits per heavy atom. The Balaban J connectivity index is 2.33. The molecule has 1 aromatic carbocycles. The van der Waals surface area contributed by atoms with Crippen LogP contribution in [0.5, 0.6) is 0 Å². The van der Waals surface area contributed by atoms with Crippen LogP contribution in [0.15, 0.2) is 23.1 Å². The highest BCUT2D eigenvalue weighted by atomic mass is 32.2. The molecule has 110 valence electrons. The van der Waals surface area contributed by atoms with E-state index in [1.54, 1.807) is 0 Å². The van der Waals surface area contributed by atoms with Crippen LogP contribution < -0.4 is 0 Å². The van der Waals surface area contributed by atoms with Gasteiger partial charge in [0, 0.05) is 0 Å². The van der Waals surface area contributed by atoms with Crippen LogP contribution in [-0.4, -0.2) is 45.1 Å². The second-order valence-corrected chi connectivity index (χ2v) is 6.52. The van der Waals surface area contributed by atoms with Gasteiger partial charge in [-0.1, -0.05) is 6.07 Å². The lowest BCUT2D eigenvalue weighted by molar-refractivity contribution is -0.150. The van der Waals surface area contributed by atoms with Gasteiger partial charge in [0.2, 0.25) is 0 Å². The summed E-state index contributed by atoms with van der Waals surface area (Å²) in [7, 11) is -2.72. The summed E-state index contributed by atoms with van der Waals surface area (Å²) < 4.78 is 47.1. The molecule has 0 aliphatic carbocycles. The summed E-state index contributed by atoms with van der Waals surface area (Å²) in [4.78, 5) is 10.7. The summed E-state index contributed by atoms with van der Waals surface area (Å²) in [5.74, 6) is -1.97. The molecule has 0 aromatic heterocycles. The third-order valence-corrected chi connectivity index (χ3v) is 5.14. The molecule has 1 aliphatic heterocycles. The number of esters is 1. The monoisotopic (exact) mass is 304 g/mol. The molecule has 0 radical (unpaired) electrons. The van der Waals surface area contributed by atoms with Crippen molar-refractivity contribution in [1.29, 1.82) is 0 Å². The molecule has 1 fully saturated rings. The zero-order chi connectivity index (χ0) is 14.9. The number of halogens is 1. The molecule has 0 saturated carbocycles. The van der Waals surface area contributed by atoms with Crippen molar-refractivity contribution in [2.75, 3.05) is 20.3 Å². The van der Waals surface area contributed by atoms with Gasteiger partial charge >= 0.3 is 5.97 Å². The Bertz CT molecular complexity index is 623. The topological polar surface area (TPSA) is 89.9 Å². The quantitative estimate of drug-likeness (QED) is 0.800. The average molecular weight is 304 g/mol. The van der Waals surface area contributed by atoms with Crippen molar-refractivity contribution in [1.82, 2.24) is 0 Å². The maximum atomic E-state index is 13.9. The third kappa shape index (κ3) is 2.54. The fourth-order valence-corrected chi connectivity index (χ4v) is 3.24. The minimum Gasteiger partial charge on any atom is -0.467 e. The van der Waals surface area contributed by atoms with Crippen molar-refractivity contribution < 1.29 is 32.2 Å². The van der Waals surface area contributed by atoms with Gasteiger partial charge in [0.15, 0.2) is 15.9 Å². The first-order valence-corrected chi connectivity index (χ1v) is 7.29. The first kappa shape index (κ1) is 14.9. The van der Waals surface area contributed by atoms with E-state index in [2.05, 4.69) is 4.74 Å². The lowest BCUT2D eigenvalue weighted by atomic mass is 10.1. The lowest BCUT2D eigenvalue weighted by Crippen LogP contribution is -2.41. The van der Waals surface area contributed by atoms with E-state index >= 15 is 0 Å². The molecule has 8 heteroatoms. The molecule has 0 amide bonds. The van der Waals surface area contributed by atoms with Gasteiger partial charge in [0.1, 0.15) is 16.0 Å². The molecule has 1 aromatic rings. The van der Waals surface area contributed by atoms with Gasteiger partial charge in [-0.05, 0) is 17.7 Å². The van der Waals surface area contributed by atoms with Crippen molar-refractivity contribution >= 4 is 15.8 Å². The number of carbonyl (C=O) groups excluding carboxylic acids is 1. The molecule has 1 heterocycles. The average Bonchev–Trinajstić information content (AvgIpc) is 2.33. The normalized spacial score (nSPS) is 17.4. The van der Waals surface area contributed by atoms with E-state index < -0.39 is 37.9 Å². The summed E-state index contributed by atoms with van der Waals surface area (Å²) in [6.45, 7) is 0.0720. The number of aliphatic hydroxyl groups is 1. The van der Waals surface area contributed by atoms with Gasteiger partial charge in [-0.25, -0.2) is 17.6 Å². The largest absolute Gasteiger partial charge is 0.467 e. The molecule has 1 atom stereocenters. The summed E-state index contributed by atoms with van der Waals surface area (Å²) in [5, 5.41) is 8.81. The molecule has 1 aliphatic rings.